The van der Waals surface area contributed by atoms with Gasteiger partial charge in [-0.15, -0.1) is 0 Å². The second-order valence-corrected chi connectivity index (χ2v) is 6.32. The molecule has 0 aliphatic carbocycles. The van der Waals surface area contributed by atoms with E-state index in [0.29, 0.717) is 13.2 Å². The average Bonchev–Trinajstić information content (AvgIpc) is 2.37. The largest absolute Gasteiger partial charge is 0.381 e. The van der Waals surface area contributed by atoms with Crippen LogP contribution in [0.5, 0.6) is 0 Å². The van der Waals surface area contributed by atoms with Crippen LogP contribution < -0.4 is 10.8 Å². The molecule has 0 unspecified atom stereocenters. The Morgan fingerprint density at radius 3 is 2.58 bits per heavy atom. The summed E-state index contributed by atoms with van der Waals surface area (Å²) in [5.41, 5.74) is 3.01. The summed E-state index contributed by atoms with van der Waals surface area (Å²) in [6.45, 7) is 5.49. The van der Waals surface area contributed by atoms with E-state index >= 15 is 0 Å². The lowest BCUT2D eigenvalue weighted by atomic mass is 9.65. The molecule has 0 saturated carbocycles. The van der Waals surface area contributed by atoms with Crippen molar-refractivity contribution in [3.05, 3.63) is 29.3 Å². The Hall–Kier alpha value is -1.29. The van der Waals surface area contributed by atoms with E-state index < -0.39 is 0 Å². The van der Waals surface area contributed by atoms with Gasteiger partial charge in [0.05, 0.1) is 11.0 Å². The second-order valence-electron chi connectivity index (χ2n) is 6.32. The zero-order chi connectivity index (χ0) is 13.7. The molecule has 19 heavy (non-hydrogen) atoms. The third-order valence-corrected chi connectivity index (χ3v) is 4.57. The van der Waals surface area contributed by atoms with E-state index in [4.69, 9.17) is 4.74 Å². The number of carbonyl (C=O) groups excluding carboxylic acids is 1. The van der Waals surface area contributed by atoms with Crippen LogP contribution in [0, 0.1) is 0 Å². The van der Waals surface area contributed by atoms with Gasteiger partial charge in [0, 0.05) is 13.2 Å². The Morgan fingerprint density at radius 2 is 1.89 bits per heavy atom. The summed E-state index contributed by atoms with van der Waals surface area (Å²) in [4.78, 5) is 12.7. The highest BCUT2D eigenvalue weighted by molar-refractivity contribution is 6.32. The lowest BCUT2D eigenvalue weighted by molar-refractivity contribution is -0.133. The van der Waals surface area contributed by atoms with E-state index in [1.54, 1.807) is 0 Å². The molecule has 0 bridgehead atoms. The minimum absolute atomic E-state index is 0.166. The van der Waals surface area contributed by atoms with Gasteiger partial charge in [0.2, 0.25) is 5.91 Å². The molecule has 2 aliphatic heterocycles. The van der Waals surface area contributed by atoms with Crippen LogP contribution in [0.4, 0.5) is 0 Å². The Kier molecular flexibility index (Phi) is 2.75. The van der Waals surface area contributed by atoms with Gasteiger partial charge in [-0.05, 0) is 37.8 Å². The van der Waals surface area contributed by atoms with Crippen LogP contribution in [0.25, 0.3) is 0 Å². The van der Waals surface area contributed by atoms with E-state index in [1.807, 2.05) is 0 Å². The molecule has 3 rings (SSSR count). The van der Waals surface area contributed by atoms with Crippen LogP contribution in [-0.4, -0.2) is 27.0 Å². The van der Waals surface area contributed by atoms with Crippen molar-refractivity contribution < 1.29 is 9.53 Å². The number of rotatable bonds is 0. The second kappa shape index (κ2) is 4.10. The quantitative estimate of drug-likeness (QED) is 0.681. The molecular formula is C15H20BNO2. The molecule has 1 spiro atoms. The molecule has 1 amide bonds. The summed E-state index contributed by atoms with van der Waals surface area (Å²) >= 11 is 0. The molecule has 4 heteroatoms. The zero-order valence-electron chi connectivity index (χ0n) is 11.9. The molecule has 3 nitrogen and oxygen atoms in total. The topological polar surface area (TPSA) is 38.3 Å². The van der Waals surface area contributed by atoms with Crippen LogP contribution in [0.15, 0.2) is 18.2 Å². The van der Waals surface area contributed by atoms with Crippen molar-refractivity contribution in [1.29, 1.82) is 0 Å². The highest BCUT2D eigenvalue weighted by Gasteiger charge is 2.49. The Morgan fingerprint density at radius 1 is 1.21 bits per heavy atom. The van der Waals surface area contributed by atoms with Gasteiger partial charge in [-0.25, -0.2) is 0 Å². The highest BCUT2D eigenvalue weighted by atomic mass is 16.5. The lowest BCUT2D eigenvalue weighted by Gasteiger charge is -2.46. The predicted octanol–water partition coefficient (Wildman–Crippen LogP) is 0.358. The molecular weight excluding hydrogens is 237 g/mol. The first-order chi connectivity index (χ1) is 8.96. The van der Waals surface area contributed by atoms with Crippen LogP contribution in [0.2, 0.25) is 0 Å². The van der Waals surface area contributed by atoms with Gasteiger partial charge < -0.3 is 10.1 Å². The molecule has 2 heterocycles. The first-order valence-corrected chi connectivity index (χ1v) is 6.98. The van der Waals surface area contributed by atoms with Crippen molar-refractivity contribution in [2.75, 3.05) is 13.2 Å². The maximum absolute atomic E-state index is 12.7. The van der Waals surface area contributed by atoms with Crippen LogP contribution >= 0.6 is 0 Å². The van der Waals surface area contributed by atoms with E-state index in [-0.39, 0.29) is 16.9 Å². The lowest BCUT2D eigenvalue weighted by Crippen LogP contribution is -2.58. The zero-order valence-corrected chi connectivity index (χ0v) is 11.9. The third kappa shape index (κ3) is 1.81. The molecule has 1 aromatic rings. The SMILES string of the molecule is Bc1ccc2c(c1)C1(CCOCC1)C(=O)NC2(C)C. The van der Waals surface area contributed by atoms with Crippen molar-refractivity contribution in [3.8, 4) is 0 Å². The predicted molar refractivity (Wildman–Crippen MR) is 77.5 cm³/mol. The number of hydrogen-bond donors (Lipinski definition) is 1. The summed E-state index contributed by atoms with van der Waals surface area (Å²) in [6, 6.07) is 6.49. The monoisotopic (exact) mass is 257 g/mol. The van der Waals surface area contributed by atoms with Crippen molar-refractivity contribution in [2.45, 2.75) is 37.6 Å². The molecule has 1 fully saturated rings. The van der Waals surface area contributed by atoms with Crippen LogP contribution in [0.1, 0.15) is 37.8 Å². The first-order valence-electron chi connectivity index (χ1n) is 6.98. The van der Waals surface area contributed by atoms with E-state index in [9.17, 15) is 4.79 Å². The van der Waals surface area contributed by atoms with Gasteiger partial charge in [-0.2, -0.15) is 0 Å². The van der Waals surface area contributed by atoms with Crippen LogP contribution in [-0.2, 0) is 20.5 Å². The Balaban J connectivity index is 2.22. The van der Waals surface area contributed by atoms with Gasteiger partial charge in [-0.1, -0.05) is 23.7 Å². The van der Waals surface area contributed by atoms with Crippen molar-refractivity contribution in [1.82, 2.24) is 5.32 Å². The summed E-state index contributed by atoms with van der Waals surface area (Å²) in [7, 11) is 2.09. The number of amides is 1. The molecule has 0 aromatic heterocycles. The van der Waals surface area contributed by atoms with Gasteiger partial charge in [0.15, 0.2) is 0 Å². The van der Waals surface area contributed by atoms with E-state index in [0.717, 1.165) is 12.8 Å². The normalized spacial score (nSPS) is 23.8. The molecule has 0 radical (unpaired) electrons. The van der Waals surface area contributed by atoms with Gasteiger partial charge in [0.25, 0.3) is 0 Å². The molecule has 100 valence electrons. The number of fused-ring (bicyclic) bond motifs is 2. The number of ether oxygens (including phenoxy) is 1. The molecule has 0 atom stereocenters. The molecule has 1 saturated heterocycles. The Labute approximate surface area is 115 Å². The summed E-state index contributed by atoms with van der Waals surface area (Å²) in [5, 5.41) is 3.20. The smallest absolute Gasteiger partial charge is 0.231 e. The standard InChI is InChI=1S/C15H20BNO2/c1-14(2)11-4-3-10(16)9-12(11)15(13(18)17-14)5-7-19-8-6-15/h3-4,9H,5-8,16H2,1-2H3,(H,17,18). The van der Waals surface area contributed by atoms with Gasteiger partial charge in [0.1, 0.15) is 7.85 Å². The van der Waals surface area contributed by atoms with Gasteiger partial charge >= 0.3 is 0 Å². The highest BCUT2D eigenvalue weighted by Crippen LogP contribution is 2.43. The van der Waals surface area contributed by atoms with Crippen molar-refractivity contribution >= 4 is 19.2 Å². The fourth-order valence-electron chi connectivity index (χ4n) is 3.41. The third-order valence-electron chi connectivity index (χ3n) is 4.57. The van der Waals surface area contributed by atoms with Crippen molar-refractivity contribution in [2.24, 2.45) is 0 Å². The maximum atomic E-state index is 12.7. The number of carbonyl (C=O) groups is 1. The summed E-state index contributed by atoms with van der Waals surface area (Å²) in [6.07, 6.45) is 1.57. The van der Waals surface area contributed by atoms with E-state index in [2.05, 4.69) is 45.2 Å². The number of hydrogen-bond acceptors (Lipinski definition) is 2. The first kappa shape index (κ1) is 12.7. The van der Waals surface area contributed by atoms with E-state index in [1.165, 1.54) is 16.6 Å². The summed E-state index contributed by atoms with van der Waals surface area (Å²) < 4.78 is 5.46. The minimum Gasteiger partial charge on any atom is -0.381 e. The van der Waals surface area contributed by atoms with Crippen LogP contribution in [0.3, 0.4) is 0 Å². The molecule has 2 aliphatic rings. The molecule has 1 aromatic carbocycles. The maximum Gasteiger partial charge on any atom is 0.231 e. The summed E-state index contributed by atoms with van der Waals surface area (Å²) in [5.74, 6) is 0.166. The van der Waals surface area contributed by atoms with Gasteiger partial charge in [-0.3, -0.25) is 4.79 Å². The molecule has 1 N–H and O–H groups in total. The number of nitrogens with one attached hydrogen (secondary N) is 1. The fraction of sp³-hybridized carbons (Fsp3) is 0.533. The van der Waals surface area contributed by atoms with Crippen molar-refractivity contribution in [3.63, 3.8) is 0 Å². The number of benzene rings is 1. The Bertz CT molecular complexity index is 533. The minimum atomic E-state index is -0.380. The fourth-order valence-corrected chi connectivity index (χ4v) is 3.41. The average molecular weight is 257 g/mol.